The lowest BCUT2D eigenvalue weighted by atomic mass is 10.2. The highest BCUT2D eigenvalue weighted by Crippen LogP contribution is 2.40. The topological polar surface area (TPSA) is 89.1 Å². The van der Waals surface area contributed by atoms with E-state index < -0.39 is 0 Å². The van der Waals surface area contributed by atoms with E-state index in [1.165, 1.54) is 17.7 Å². The summed E-state index contributed by atoms with van der Waals surface area (Å²) in [6.07, 6.45) is 5.98. The van der Waals surface area contributed by atoms with Crippen LogP contribution in [0.4, 0.5) is 10.6 Å². The summed E-state index contributed by atoms with van der Waals surface area (Å²) >= 11 is 0. The molecule has 1 saturated carbocycles. The molecule has 1 N–H and O–H groups in total. The number of aryl methyl sites for hydroxylation is 2. The van der Waals surface area contributed by atoms with Crippen LogP contribution >= 0.6 is 0 Å². The minimum Gasteiger partial charge on any atom is -0.337 e. The van der Waals surface area contributed by atoms with Gasteiger partial charge in [-0.3, -0.25) is 5.32 Å². The molecule has 1 aliphatic carbocycles. The van der Waals surface area contributed by atoms with Crippen molar-refractivity contribution >= 4 is 11.8 Å². The van der Waals surface area contributed by atoms with Crippen molar-refractivity contribution in [3.05, 3.63) is 23.5 Å². The number of carbonyl (C=O) groups is 1. The summed E-state index contributed by atoms with van der Waals surface area (Å²) in [6.45, 7) is 6.43. The van der Waals surface area contributed by atoms with E-state index >= 15 is 0 Å². The van der Waals surface area contributed by atoms with Gasteiger partial charge in [0.1, 0.15) is 12.4 Å². The Labute approximate surface area is 147 Å². The second-order valence-corrected chi connectivity index (χ2v) is 6.84. The molecule has 0 spiro atoms. The number of nitrogens with one attached hydrogen (secondary N) is 1. The Morgan fingerprint density at radius 2 is 2.28 bits per heavy atom. The van der Waals surface area contributed by atoms with Crippen molar-refractivity contribution < 1.29 is 9.32 Å². The molecule has 25 heavy (non-hydrogen) atoms. The minimum absolute atomic E-state index is 0.219. The number of rotatable bonds is 7. The molecule has 8 heteroatoms. The number of urea groups is 1. The normalized spacial score (nSPS) is 15.2. The number of amides is 2. The van der Waals surface area contributed by atoms with E-state index in [2.05, 4.69) is 34.4 Å². The van der Waals surface area contributed by atoms with Crippen molar-refractivity contribution in [2.24, 2.45) is 5.92 Å². The summed E-state index contributed by atoms with van der Waals surface area (Å²) in [5, 5.41) is 11.3. The zero-order chi connectivity index (χ0) is 18.0. The molecule has 2 aromatic rings. The molecular weight excluding hydrogens is 320 g/mol. The number of nitrogens with zero attached hydrogens (tertiary/aromatic N) is 5. The molecule has 3 rings (SSSR count). The van der Waals surface area contributed by atoms with Gasteiger partial charge in [-0.05, 0) is 39.0 Å². The zero-order valence-corrected chi connectivity index (χ0v) is 15.3. The Kier molecular flexibility index (Phi) is 5.06. The van der Waals surface area contributed by atoms with Crippen LogP contribution < -0.4 is 5.32 Å². The van der Waals surface area contributed by atoms with E-state index in [1.807, 2.05) is 11.6 Å². The van der Waals surface area contributed by atoms with Crippen LogP contribution in [0.25, 0.3) is 0 Å². The molecule has 0 radical (unpaired) electrons. The van der Waals surface area contributed by atoms with Crippen LogP contribution in [0.5, 0.6) is 0 Å². The Morgan fingerprint density at radius 1 is 1.52 bits per heavy atom. The van der Waals surface area contributed by atoms with Gasteiger partial charge >= 0.3 is 6.03 Å². The van der Waals surface area contributed by atoms with Crippen molar-refractivity contribution in [3.63, 3.8) is 0 Å². The highest BCUT2D eigenvalue weighted by atomic mass is 16.5. The Balaban J connectivity index is 1.64. The smallest absolute Gasteiger partial charge is 0.323 e. The van der Waals surface area contributed by atoms with Crippen LogP contribution in [0.2, 0.25) is 0 Å². The zero-order valence-electron chi connectivity index (χ0n) is 15.3. The first-order chi connectivity index (χ1) is 12.0. The average molecular weight is 346 g/mol. The van der Waals surface area contributed by atoms with Gasteiger partial charge in [0.2, 0.25) is 5.89 Å². The summed E-state index contributed by atoms with van der Waals surface area (Å²) < 4.78 is 7.12. The first-order valence-electron chi connectivity index (χ1n) is 8.87. The number of aromatic nitrogens is 4. The maximum Gasteiger partial charge on any atom is 0.323 e. The second-order valence-electron chi connectivity index (χ2n) is 6.84. The quantitative estimate of drug-likeness (QED) is 0.832. The largest absolute Gasteiger partial charge is 0.337 e. The van der Waals surface area contributed by atoms with Crippen LogP contribution in [-0.2, 0) is 13.0 Å². The van der Waals surface area contributed by atoms with Gasteiger partial charge in [0.15, 0.2) is 5.82 Å². The van der Waals surface area contributed by atoms with Crippen molar-refractivity contribution in [2.45, 2.75) is 59.0 Å². The number of anilines is 1. The number of carbonyl (C=O) groups excluding carboxylic acids is 1. The van der Waals surface area contributed by atoms with Gasteiger partial charge < -0.3 is 9.42 Å². The summed E-state index contributed by atoms with van der Waals surface area (Å²) in [4.78, 5) is 18.4. The van der Waals surface area contributed by atoms with Gasteiger partial charge in [0.25, 0.3) is 0 Å². The van der Waals surface area contributed by atoms with E-state index in [9.17, 15) is 4.79 Å². The van der Waals surface area contributed by atoms with Gasteiger partial charge in [-0.2, -0.15) is 10.1 Å². The minimum atomic E-state index is -0.219. The third-order valence-corrected chi connectivity index (χ3v) is 4.60. The lowest BCUT2D eigenvalue weighted by molar-refractivity contribution is 0.212. The molecule has 1 fully saturated rings. The summed E-state index contributed by atoms with van der Waals surface area (Å²) in [6, 6.07) is 0.0740. The predicted molar refractivity (Wildman–Crippen MR) is 93.2 cm³/mol. The molecule has 0 bridgehead atoms. The molecular formula is C17H26N6O2. The second kappa shape index (κ2) is 7.25. The van der Waals surface area contributed by atoms with Gasteiger partial charge in [-0.1, -0.05) is 12.1 Å². The van der Waals surface area contributed by atoms with Crippen LogP contribution in [0.1, 0.15) is 56.4 Å². The van der Waals surface area contributed by atoms with Crippen molar-refractivity contribution in [2.75, 3.05) is 12.4 Å². The van der Waals surface area contributed by atoms with Gasteiger partial charge in [0.05, 0.1) is 12.2 Å². The summed E-state index contributed by atoms with van der Waals surface area (Å²) in [5.41, 5.74) is 0.956. The maximum absolute atomic E-state index is 12.5. The lowest BCUT2D eigenvalue weighted by Crippen LogP contribution is -2.32. The molecule has 0 unspecified atom stereocenters. The van der Waals surface area contributed by atoms with Crippen LogP contribution in [0, 0.1) is 12.8 Å². The molecule has 0 aromatic carbocycles. The van der Waals surface area contributed by atoms with E-state index in [-0.39, 0.29) is 12.6 Å². The molecule has 0 aliphatic heterocycles. The fraction of sp³-hybridized carbons (Fsp3) is 0.647. The Hall–Kier alpha value is -2.38. The highest BCUT2D eigenvalue weighted by molar-refractivity contribution is 5.88. The van der Waals surface area contributed by atoms with Crippen LogP contribution in [-0.4, -0.2) is 37.9 Å². The van der Waals surface area contributed by atoms with Gasteiger partial charge in [-0.25, -0.2) is 9.48 Å². The fourth-order valence-corrected chi connectivity index (χ4v) is 2.84. The van der Waals surface area contributed by atoms with Gasteiger partial charge in [0, 0.05) is 19.0 Å². The molecule has 0 saturated heterocycles. The molecule has 1 atom stereocenters. The van der Waals surface area contributed by atoms with E-state index in [1.54, 1.807) is 13.2 Å². The van der Waals surface area contributed by atoms with E-state index in [0.717, 1.165) is 24.2 Å². The first kappa shape index (κ1) is 17.4. The van der Waals surface area contributed by atoms with Crippen molar-refractivity contribution in [1.29, 1.82) is 0 Å². The molecule has 8 nitrogen and oxygen atoms in total. The van der Waals surface area contributed by atoms with Crippen molar-refractivity contribution in [1.82, 2.24) is 24.8 Å². The standard InChI is InChI=1S/C17H26N6O2/c1-5-6-14-19-15(25-21-14)10-22(4)17(24)20-16-11(2)9-18-23(16)12(3)13-7-8-13/h9,12-13H,5-8,10H2,1-4H3,(H,20,24)/t12-/m1/s1. The average Bonchev–Trinajstić information content (AvgIpc) is 3.25. The highest BCUT2D eigenvalue weighted by Gasteiger charge is 2.31. The first-order valence-corrected chi connectivity index (χ1v) is 8.87. The fourth-order valence-electron chi connectivity index (χ4n) is 2.84. The monoisotopic (exact) mass is 346 g/mol. The molecule has 2 aromatic heterocycles. The molecule has 136 valence electrons. The lowest BCUT2D eigenvalue weighted by Gasteiger charge is -2.19. The molecule has 1 aliphatic rings. The predicted octanol–water partition coefficient (Wildman–Crippen LogP) is 3.16. The van der Waals surface area contributed by atoms with Crippen molar-refractivity contribution in [3.8, 4) is 0 Å². The van der Waals surface area contributed by atoms with E-state index in [0.29, 0.717) is 23.7 Å². The SMILES string of the molecule is CCCc1noc(CN(C)C(=O)Nc2c(C)cnn2[C@H](C)C2CC2)n1. The number of hydrogen-bond acceptors (Lipinski definition) is 5. The third kappa shape index (κ3) is 4.00. The van der Waals surface area contributed by atoms with Gasteiger partial charge in [-0.15, -0.1) is 0 Å². The van der Waals surface area contributed by atoms with Crippen LogP contribution in [0.3, 0.4) is 0 Å². The summed E-state index contributed by atoms with van der Waals surface area (Å²) in [7, 11) is 1.71. The number of hydrogen-bond donors (Lipinski definition) is 1. The third-order valence-electron chi connectivity index (χ3n) is 4.60. The van der Waals surface area contributed by atoms with Crippen LogP contribution in [0.15, 0.2) is 10.7 Å². The Bertz CT molecular complexity index is 733. The summed E-state index contributed by atoms with van der Waals surface area (Å²) in [5.74, 6) is 2.53. The molecule has 2 heterocycles. The molecule has 2 amide bonds. The van der Waals surface area contributed by atoms with E-state index in [4.69, 9.17) is 4.52 Å². The Morgan fingerprint density at radius 3 is 2.96 bits per heavy atom. The maximum atomic E-state index is 12.5.